The van der Waals surface area contributed by atoms with Crippen LogP contribution in [-0.2, 0) is 4.79 Å². The van der Waals surface area contributed by atoms with Crippen LogP contribution in [0.5, 0.6) is 0 Å². The van der Waals surface area contributed by atoms with Crippen molar-refractivity contribution in [1.29, 1.82) is 0 Å². The molecule has 2 aliphatic rings. The molecule has 0 aliphatic carbocycles. The van der Waals surface area contributed by atoms with E-state index in [1.807, 2.05) is 42.2 Å². The average molecular weight is 410 g/mol. The molecule has 158 valence electrons. The van der Waals surface area contributed by atoms with Gasteiger partial charge < -0.3 is 20.4 Å². The molecule has 0 saturated carbocycles. The Morgan fingerprint density at radius 2 is 1.93 bits per heavy atom. The predicted molar refractivity (Wildman–Crippen MR) is 114 cm³/mol. The van der Waals surface area contributed by atoms with Crippen LogP contribution in [0.15, 0.2) is 48.5 Å². The summed E-state index contributed by atoms with van der Waals surface area (Å²) in [6, 6.07) is 14.0. The highest BCUT2D eigenvalue weighted by Gasteiger charge is 2.50. The lowest BCUT2D eigenvalue weighted by Gasteiger charge is -2.43. The van der Waals surface area contributed by atoms with Gasteiger partial charge in [0, 0.05) is 37.4 Å². The predicted octanol–water partition coefficient (Wildman–Crippen LogP) is 2.29. The number of halogens is 1. The summed E-state index contributed by atoms with van der Waals surface area (Å²) in [5, 5.41) is 5.92. The van der Waals surface area contributed by atoms with Crippen molar-refractivity contribution in [3.05, 3.63) is 65.5 Å². The molecule has 6 nitrogen and oxygen atoms in total. The third kappa shape index (κ3) is 3.89. The van der Waals surface area contributed by atoms with Gasteiger partial charge in [-0.1, -0.05) is 24.3 Å². The lowest BCUT2D eigenvalue weighted by molar-refractivity contribution is -0.125. The van der Waals surface area contributed by atoms with Gasteiger partial charge in [0.05, 0.1) is 6.67 Å². The molecule has 0 radical (unpaired) electrons. The van der Waals surface area contributed by atoms with Crippen LogP contribution in [0.1, 0.15) is 28.8 Å². The first-order chi connectivity index (χ1) is 14.5. The minimum atomic E-state index is -0.630. The van der Waals surface area contributed by atoms with Crippen molar-refractivity contribution in [3.8, 4) is 0 Å². The topological polar surface area (TPSA) is 64.7 Å². The molecule has 0 bridgehead atoms. The fourth-order valence-electron chi connectivity index (χ4n) is 4.47. The highest BCUT2D eigenvalue weighted by molar-refractivity contribution is 5.95. The van der Waals surface area contributed by atoms with E-state index >= 15 is 0 Å². The molecule has 1 spiro atoms. The molecule has 0 atom stereocenters. The number of benzene rings is 2. The zero-order chi connectivity index (χ0) is 21.1. The Hall–Kier alpha value is -2.93. The zero-order valence-electron chi connectivity index (χ0n) is 17.2. The number of piperidine rings is 1. The molecule has 2 amide bonds. The number of rotatable bonds is 5. The van der Waals surface area contributed by atoms with Gasteiger partial charge in [0.25, 0.3) is 5.91 Å². The number of likely N-dealkylation sites (tertiary alicyclic amines) is 1. The summed E-state index contributed by atoms with van der Waals surface area (Å²) in [6.45, 7) is 5.11. The first-order valence-corrected chi connectivity index (χ1v) is 10.4. The summed E-state index contributed by atoms with van der Waals surface area (Å²) in [4.78, 5) is 29.3. The maximum Gasteiger partial charge on any atom is 0.251 e. The van der Waals surface area contributed by atoms with Gasteiger partial charge in [-0.15, -0.1) is 0 Å². The van der Waals surface area contributed by atoms with E-state index in [9.17, 15) is 14.0 Å². The number of amides is 2. The maximum atomic E-state index is 13.7. The summed E-state index contributed by atoms with van der Waals surface area (Å²) in [5.74, 6) is -0.350. The highest BCUT2D eigenvalue weighted by Crippen LogP contribution is 2.36. The molecule has 30 heavy (non-hydrogen) atoms. The number of hydrogen-bond acceptors (Lipinski definition) is 4. The fourth-order valence-corrected chi connectivity index (χ4v) is 4.47. The van der Waals surface area contributed by atoms with E-state index in [-0.39, 0.29) is 17.6 Å². The fraction of sp³-hybridized carbons (Fsp3) is 0.391. The third-order valence-electron chi connectivity index (χ3n) is 6.24. The van der Waals surface area contributed by atoms with Crippen LogP contribution in [0.4, 0.5) is 10.1 Å². The normalized spacial score (nSPS) is 18.5. The Labute approximate surface area is 176 Å². The standard InChI is InChI=1S/C23H27FN4O2/c1-17-5-2-3-8-20(17)21(29)25-11-14-27-12-9-23(10-13-27)22(30)26-16-28(23)19-7-4-6-18(24)15-19/h2-8,15H,9-14,16H2,1H3,(H,25,29)(H,26,30). The monoisotopic (exact) mass is 410 g/mol. The van der Waals surface area contributed by atoms with Gasteiger partial charge in [-0.25, -0.2) is 4.39 Å². The van der Waals surface area contributed by atoms with Gasteiger partial charge in [0.2, 0.25) is 5.91 Å². The first kappa shape index (κ1) is 20.3. The Kier molecular flexibility index (Phi) is 5.72. The molecule has 0 unspecified atom stereocenters. The molecular formula is C23H27FN4O2. The van der Waals surface area contributed by atoms with Gasteiger partial charge in [-0.3, -0.25) is 9.59 Å². The van der Waals surface area contributed by atoms with Crippen LogP contribution in [0.2, 0.25) is 0 Å². The van der Waals surface area contributed by atoms with Crippen molar-refractivity contribution in [2.24, 2.45) is 0 Å². The van der Waals surface area contributed by atoms with E-state index in [0.29, 0.717) is 31.6 Å². The lowest BCUT2D eigenvalue weighted by Crippen LogP contribution is -2.57. The molecule has 2 heterocycles. The SMILES string of the molecule is Cc1ccccc1C(=O)NCCN1CCC2(CC1)C(=O)NCN2c1cccc(F)c1. The van der Waals surface area contributed by atoms with Crippen LogP contribution in [-0.4, -0.2) is 55.1 Å². The number of carbonyl (C=O) groups excluding carboxylic acids is 2. The smallest absolute Gasteiger partial charge is 0.251 e. The highest BCUT2D eigenvalue weighted by atomic mass is 19.1. The second kappa shape index (κ2) is 8.44. The van der Waals surface area contributed by atoms with Crippen molar-refractivity contribution in [1.82, 2.24) is 15.5 Å². The molecule has 2 aromatic rings. The number of nitrogens with zero attached hydrogens (tertiary/aromatic N) is 2. The summed E-state index contributed by atoms with van der Waals surface area (Å²) < 4.78 is 13.7. The zero-order valence-corrected chi connectivity index (χ0v) is 17.2. The van der Waals surface area contributed by atoms with Crippen molar-refractivity contribution in [2.75, 3.05) is 37.7 Å². The molecule has 2 fully saturated rings. The Morgan fingerprint density at radius 3 is 2.67 bits per heavy atom. The minimum absolute atomic E-state index is 0.0132. The van der Waals surface area contributed by atoms with E-state index < -0.39 is 5.54 Å². The number of aryl methyl sites for hydroxylation is 1. The molecular weight excluding hydrogens is 383 g/mol. The maximum absolute atomic E-state index is 13.7. The number of carbonyl (C=O) groups is 2. The molecule has 2 saturated heterocycles. The second-order valence-corrected chi connectivity index (χ2v) is 8.02. The summed E-state index contributed by atoms with van der Waals surface area (Å²) in [5.41, 5.74) is 1.75. The third-order valence-corrected chi connectivity index (χ3v) is 6.24. The summed E-state index contributed by atoms with van der Waals surface area (Å²) >= 11 is 0. The number of nitrogens with one attached hydrogen (secondary N) is 2. The van der Waals surface area contributed by atoms with E-state index in [1.54, 1.807) is 6.07 Å². The van der Waals surface area contributed by atoms with Crippen molar-refractivity contribution >= 4 is 17.5 Å². The molecule has 2 aliphatic heterocycles. The molecule has 2 N–H and O–H groups in total. The van der Waals surface area contributed by atoms with Gasteiger partial charge in [-0.2, -0.15) is 0 Å². The van der Waals surface area contributed by atoms with E-state index in [2.05, 4.69) is 15.5 Å². The number of hydrogen-bond donors (Lipinski definition) is 2. The van der Waals surface area contributed by atoms with Crippen molar-refractivity contribution in [3.63, 3.8) is 0 Å². The second-order valence-electron chi connectivity index (χ2n) is 8.02. The van der Waals surface area contributed by atoms with Gasteiger partial charge in [-0.05, 0) is 49.6 Å². The van der Waals surface area contributed by atoms with Gasteiger partial charge >= 0.3 is 0 Å². The van der Waals surface area contributed by atoms with Crippen LogP contribution in [0.3, 0.4) is 0 Å². The average Bonchev–Trinajstić information content (AvgIpc) is 3.05. The van der Waals surface area contributed by atoms with E-state index in [4.69, 9.17) is 0 Å². The summed E-state index contributed by atoms with van der Waals surface area (Å²) in [7, 11) is 0. The number of anilines is 1. The first-order valence-electron chi connectivity index (χ1n) is 10.4. The van der Waals surface area contributed by atoms with Gasteiger partial charge in [0.15, 0.2) is 0 Å². The molecule has 7 heteroatoms. The quantitative estimate of drug-likeness (QED) is 0.794. The van der Waals surface area contributed by atoms with Crippen molar-refractivity contribution < 1.29 is 14.0 Å². The Bertz CT molecular complexity index is 940. The summed E-state index contributed by atoms with van der Waals surface area (Å²) in [6.07, 6.45) is 1.34. The van der Waals surface area contributed by atoms with Gasteiger partial charge in [0.1, 0.15) is 11.4 Å². The van der Waals surface area contributed by atoms with Crippen LogP contribution >= 0.6 is 0 Å². The Balaban J connectivity index is 1.33. The molecule has 4 rings (SSSR count). The molecule has 0 aromatic heterocycles. The van der Waals surface area contributed by atoms with Crippen LogP contribution in [0.25, 0.3) is 0 Å². The van der Waals surface area contributed by atoms with Crippen molar-refractivity contribution in [2.45, 2.75) is 25.3 Å². The minimum Gasteiger partial charge on any atom is -0.351 e. The van der Waals surface area contributed by atoms with E-state index in [0.717, 1.165) is 30.9 Å². The lowest BCUT2D eigenvalue weighted by atomic mass is 9.85. The van der Waals surface area contributed by atoms with Crippen LogP contribution < -0.4 is 15.5 Å². The van der Waals surface area contributed by atoms with E-state index in [1.165, 1.54) is 12.1 Å². The van der Waals surface area contributed by atoms with Crippen LogP contribution in [0, 0.1) is 12.7 Å². The molecule has 2 aromatic carbocycles. The largest absolute Gasteiger partial charge is 0.351 e. The Morgan fingerprint density at radius 1 is 1.17 bits per heavy atom.